The number of nitro benzene ring substituents is 1. The van der Waals surface area contributed by atoms with Crippen LogP contribution in [0.4, 0.5) is 11.4 Å². The Morgan fingerprint density at radius 1 is 1.12 bits per heavy atom. The molecule has 1 aliphatic heterocycles. The van der Waals surface area contributed by atoms with Gasteiger partial charge in [0.1, 0.15) is 5.69 Å². The van der Waals surface area contributed by atoms with Crippen molar-refractivity contribution in [1.82, 2.24) is 9.21 Å². The molecular formula is C17H26N4O4S. The second kappa shape index (κ2) is 7.89. The van der Waals surface area contributed by atoms with Crippen LogP contribution in [0.25, 0.3) is 0 Å². The van der Waals surface area contributed by atoms with E-state index in [9.17, 15) is 18.5 Å². The molecule has 2 aliphatic rings. The maximum absolute atomic E-state index is 12.8. The fourth-order valence-corrected chi connectivity index (χ4v) is 5.03. The fraction of sp³-hybridized carbons (Fsp3) is 0.647. The van der Waals surface area contributed by atoms with Crippen LogP contribution < -0.4 is 5.32 Å². The fourth-order valence-electron chi connectivity index (χ4n) is 3.59. The summed E-state index contributed by atoms with van der Waals surface area (Å²) in [4.78, 5) is 13.1. The van der Waals surface area contributed by atoms with Gasteiger partial charge in [-0.3, -0.25) is 10.1 Å². The summed E-state index contributed by atoms with van der Waals surface area (Å²) in [5.41, 5.74) is 0.227. The van der Waals surface area contributed by atoms with Crippen molar-refractivity contribution in [3.05, 3.63) is 28.3 Å². The molecule has 1 heterocycles. The van der Waals surface area contributed by atoms with Gasteiger partial charge in [0.2, 0.25) is 10.0 Å². The summed E-state index contributed by atoms with van der Waals surface area (Å²) in [5, 5.41) is 14.8. The maximum Gasteiger partial charge on any atom is 0.293 e. The molecule has 1 aliphatic carbocycles. The molecule has 1 saturated carbocycles. The molecule has 0 atom stereocenters. The van der Waals surface area contributed by atoms with Crippen LogP contribution >= 0.6 is 0 Å². The van der Waals surface area contributed by atoms with Gasteiger partial charge in [0.05, 0.1) is 9.82 Å². The Labute approximate surface area is 154 Å². The number of benzene rings is 1. The van der Waals surface area contributed by atoms with Crippen molar-refractivity contribution in [1.29, 1.82) is 0 Å². The average molecular weight is 382 g/mol. The average Bonchev–Trinajstić information content (AvgIpc) is 2.63. The summed E-state index contributed by atoms with van der Waals surface area (Å²) in [6.07, 6.45) is 5.39. The smallest absolute Gasteiger partial charge is 0.293 e. The molecule has 1 saturated heterocycles. The third-order valence-electron chi connectivity index (χ3n) is 5.23. The van der Waals surface area contributed by atoms with E-state index in [0.29, 0.717) is 31.9 Å². The Hall–Kier alpha value is -1.71. The maximum atomic E-state index is 12.8. The van der Waals surface area contributed by atoms with E-state index in [4.69, 9.17) is 0 Å². The molecule has 0 amide bonds. The molecule has 0 spiro atoms. The zero-order valence-corrected chi connectivity index (χ0v) is 15.9. The van der Waals surface area contributed by atoms with Crippen LogP contribution in [0.2, 0.25) is 0 Å². The minimum absolute atomic E-state index is 0.0112. The lowest BCUT2D eigenvalue weighted by atomic mass is 9.95. The largest absolute Gasteiger partial charge is 0.377 e. The molecule has 2 fully saturated rings. The minimum Gasteiger partial charge on any atom is -0.377 e. The van der Waals surface area contributed by atoms with Gasteiger partial charge in [0.15, 0.2) is 0 Å². The third-order valence-corrected chi connectivity index (χ3v) is 7.13. The Balaban J connectivity index is 1.84. The molecular weight excluding hydrogens is 356 g/mol. The summed E-state index contributed by atoms with van der Waals surface area (Å²) < 4.78 is 27.1. The van der Waals surface area contributed by atoms with Crippen molar-refractivity contribution >= 4 is 21.4 Å². The van der Waals surface area contributed by atoms with E-state index < -0.39 is 14.9 Å². The van der Waals surface area contributed by atoms with E-state index in [-0.39, 0.29) is 16.6 Å². The van der Waals surface area contributed by atoms with Crippen molar-refractivity contribution in [3.8, 4) is 0 Å². The molecule has 0 radical (unpaired) electrons. The van der Waals surface area contributed by atoms with Crippen LogP contribution in [0.1, 0.15) is 32.1 Å². The first-order valence-electron chi connectivity index (χ1n) is 9.11. The number of anilines is 1. The van der Waals surface area contributed by atoms with Crippen molar-refractivity contribution in [2.75, 3.05) is 38.5 Å². The molecule has 1 aromatic carbocycles. The molecule has 26 heavy (non-hydrogen) atoms. The first-order valence-corrected chi connectivity index (χ1v) is 10.6. The number of sulfonamides is 1. The number of nitrogens with zero attached hydrogens (tertiary/aromatic N) is 3. The third kappa shape index (κ3) is 4.16. The van der Waals surface area contributed by atoms with E-state index in [0.717, 1.165) is 25.7 Å². The molecule has 9 heteroatoms. The van der Waals surface area contributed by atoms with Gasteiger partial charge in [-0.05, 0) is 32.0 Å². The Bertz CT molecular complexity index is 754. The van der Waals surface area contributed by atoms with Crippen LogP contribution in [0.15, 0.2) is 23.1 Å². The number of nitrogens with one attached hydrogen (secondary N) is 1. The number of hydrogen-bond acceptors (Lipinski definition) is 6. The van der Waals surface area contributed by atoms with Crippen LogP contribution in [0, 0.1) is 10.1 Å². The lowest BCUT2D eigenvalue weighted by Crippen LogP contribution is -2.47. The van der Waals surface area contributed by atoms with Gasteiger partial charge in [-0.1, -0.05) is 19.3 Å². The van der Waals surface area contributed by atoms with E-state index >= 15 is 0 Å². The van der Waals surface area contributed by atoms with Gasteiger partial charge >= 0.3 is 0 Å². The first kappa shape index (κ1) is 19.1. The Morgan fingerprint density at radius 3 is 2.38 bits per heavy atom. The highest BCUT2D eigenvalue weighted by Gasteiger charge is 2.30. The number of hydrogen-bond donors (Lipinski definition) is 1. The second-order valence-corrected chi connectivity index (χ2v) is 9.06. The van der Waals surface area contributed by atoms with Crippen molar-refractivity contribution in [3.63, 3.8) is 0 Å². The standard InChI is InChI=1S/C17H26N4O4S/c1-19-9-11-20(12-10-19)26(24,25)15-7-8-16(17(13-15)21(22)23)18-14-5-3-2-4-6-14/h7-8,13-14,18H,2-6,9-12H2,1H3. The Kier molecular flexibility index (Phi) is 5.79. The van der Waals surface area contributed by atoms with Gasteiger partial charge in [0, 0.05) is 38.3 Å². The zero-order valence-electron chi connectivity index (χ0n) is 15.1. The molecule has 1 aromatic rings. The highest BCUT2D eigenvalue weighted by molar-refractivity contribution is 7.89. The summed E-state index contributed by atoms with van der Waals surface area (Å²) >= 11 is 0. The number of likely N-dealkylation sites (N-methyl/N-ethyl adjacent to an activating group) is 1. The summed E-state index contributed by atoms with van der Waals surface area (Å²) in [5.74, 6) is 0. The monoisotopic (exact) mass is 382 g/mol. The SMILES string of the molecule is CN1CCN(S(=O)(=O)c2ccc(NC3CCCCC3)c([N+](=O)[O-])c2)CC1. The number of piperazine rings is 1. The van der Waals surface area contributed by atoms with Crippen molar-refractivity contribution < 1.29 is 13.3 Å². The van der Waals surface area contributed by atoms with E-state index in [1.54, 1.807) is 0 Å². The molecule has 1 N–H and O–H groups in total. The molecule has 0 aromatic heterocycles. The van der Waals surface area contributed by atoms with Gasteiger partial charge in [-0.25, -0.2) is 8.42 Å². The van der Waals surface area contributed by atoms with Crippen LogP contribution in [-0.4, -0.2) is 61.8 Å². The summed E-state index contributed by atoms with van der Waals surface area (Å²) in [6.45, 7) is 2.11. The molecule has 3 rings (SSSR count). The van der Waals surface area contributed by atoms with Crippen LogP contribution in [0.3, 0.4) is 0 Å². The molecule has 144 valence electrons. The lowest BCUT2D eigenvalue weighted by molar-refractivity contribution is -0.384. The summed E-state index contributed by atoms with van der Waals surface area (Å²) in [6, 6.07) is 4.42. The van der Waals surface area contributed by atoms with E-state index in [1.165, 1.54) is 28.9 Å². The quantitative estimate of drug-likeness (QED) is 0.620. The Morgan fingerprint density at radius 2 is 1.77 bits per heavy atom. The van der Waals surface area contributed by atoms with Gasteiger partial charge in [-0.2, -0.15) is 4.31 Å². The van der Waals surface area contributed by atoms with Gasteiger partial charge in [-0.15, -0.1) is 0 Å². The predicted molar refractivity (Wildman–Crippen MR) is 99.8 cm³/mol. The van der Waals surface area contributed by atoms with Crippen LogP contribution in [-0.2, 0) is 10.0 Å². The molecule has 0 unspecified atom stereocenters. The summed E-state index contributed by atoms with van der Waals surface area (Å²) in [7, 11) is -1.77. The van der Waals surface area contributed by atoms with E-state index in [1.807, 2.05) is 7.05 Å². The zero-order chi connectivity index (χ0) is 18.7. The highest BCUT2D eigenvalue weighted by Crippen LogP contribution is 2.31. The minimum atomic E-state index is -3.72. The number of nitro groups is 1. The lowest BCUT2D eigenvalue weighted by Gasteiger charge is -2.31. The first-order chi connectivity index (χ1) is 12.4. The van der Waals surface area contributed by atoms with Crippen LogP contribution in [0.5, 0.6) is 0 Å². The second-order valence-electron chi connectivity index (χ2n) is 7.12. The molecule has 0 bridgehead atoms. The van der Waals surface area contributed by atoms with Crippen molar-refractivity contribution in [2.24, 2.45) is 0 Å². The van der Waals surface area contributed by atoms with Crippen molar-refractivity contribution in [2.45, 2.75) is 43.0 Å². The van der Waals surface area contributed by atoms with Gasteiger partial charge < -0.3 is 10.2 Å². The molecule has 8 nitrogen and oxygen atoms in total. The highest BCUT2D eigenvalue weighted by atomic mass is 32.2. The predicted octanol–water partition coefficient (Wildman–Crippen LogP) is 2.28. The topological polar surface area (TPSA) is 95.8 Å². The normalized spacial score (nSPS) is 20.8. The van der Waals surface area contributed by atoms with E-state index in [2.05, 4.69) is 10.2 Å². The number of rotatable bonds is 5. The van der Waals surface area contributed by atoms with Gasteiger partial charge in [0.25, 0.3) is 5.69 Å².